The van der Waals surface area contributed by atoms with Crippen LogP contribution in [-0.2, 0) is 0 Å². The van der Waals surface area contributed by atoms with E-state index in [1.165, 1.54) is 6.07 Å². The van der Waals surface area contributed by atoms with Crippen LogP contribution in [0.3, 0.4) is 0 Å². The van der Waals surface area contributed by atoms with Gasteiger partial charge in [0.05, 0.1) is 16.8 Å². The first kappa shape index (κ1) is 22.1. The minimum atomic E-state index is -0.448. The number of anilines is 1. The minimum absolute atomic E-state index is 0.0777. The third-order valence-corrected chi connectivity index (χ3v) is 7.28. The van der Waals surface area contributed by atoms with Gasteiger partial charge in [0.25, 0.3) is 0 Å². The molecule has 4 aromatic rings. The lowest BCUT2D eigenvalue weighted by Crippen LogP contribution is -2.30. The number of benzene rings is 2. The molecule has 1 saturated heterocycles. The number of aryl methyl sites for hydroxylation is 1. The molecule has 0 spiro atoms. The highest BCUT2D eigenvalue weighted by molar-refractivity contribution is 9.10. The Kier molecular flexibility index (Phi) is 5.95. The largest absolute Gasteiger partial charge is 0.351 e. The van der Waals surface area contributed by atoms with Crippen LogP contribution in [0.5, 0.6) is 0 Å². The van der Waals surface area contributed by atoms with E-state index in [-0.39, 0.29) is 17.1 Å². The molecule has 0 amide bonds. The highest BCUT2D eigenvalue weighted by atomic mass is 79.9. The predicted molar refractivity (Wildman–Crippen MR) is 138 cm³/mol. The van der Waals surface area contributed by atoms with Gasteiger partial charge in [0.1, 0.15) is 11.9 Å². The minimum Gasteiger partial charge on any atom is -0.351 e. The second-order valence-electron chi connectivity index (χ2n) is 7.83. The van der Waals surface area contributed by atoms with Crippen molar-refractivity contribution in [3.8, 4) is 5.69 Å². The quantitative estimate of drug-likeness (QED) is 0.285. The van der Waals surface area contributed by atoms with Crippen molar-refractivity contribution >= 4 is 50.5 Å². The number of thiocarbonyl (C=S) groups is 1. The summed E-state index contributed by atoms with van der Waals surface area (Å²) in [6.45, 7) is 2.05. The van der Waals surface area contributed by atoms with Gasteiger partial charge in [-0.2, -0.15) is 0 Å². The summed E-state index contributed by atoms with van der Waals surface area (Å²) in [5.41, 5.74) is 4.70. The maximum Gasteiger partial charge on any atom is 0.174 e. The van der Waals surface area contributed by atoms with Crippen LogP contribution in [0.2, 0.25) is 5.02 Å². The Balaban J connectivity index is 1.68. The fourth-order valence-electron chi connectivity index (χ4n) is 4.22. The summed E-state index contributed by atoms with van der Waals surface area (Å²) in [6, 6.07) is 20.4. The molecule has 2 atom stereocenters. The van der Waals surface area contributed by atoms with Crippen molar-refractivity contribution in [1.82, 2.24) is 14.9 Å². The summed E-state index contributed by atoms with van der Waals surface area (Å²) in [5, 5.41) is 4.16. The van der Waals surface area contributed by atoms with Crippen LogP contribution in [0.25, 0.3) is 5.69 Å². The van der Waals surface area contributed by atoms with Crippen molar-refractivity contribution < 1.29 is 4.39 Å². The van der Waals surface area contributed by atoms with Gasteiger partial charge in [-0.05, 0) is 85.4 Å². The van der Waals surface area contributed by atoms with Gasteiger partial charge < -0.3 is 14.8 Å². The van der Waals surface area contributed by atoms with E-state index in [1.807, 2.05) is 53.2 Å². The molecule has 4 nitrogen and oxygen atoms in total. The second kappa shape index (κ2) is 8.89. The zero-order valence-electron chi connectivity index (χ0n) is 17.5. The molecule has 1 fully saturated rings. The Morgan fingerprint density at radius 1 is 1.06 bits per heavy atom. The number of halogens is 3. The molecule has 5 rings (SSSR count). The lowest BCUT2D eigenvalue weighted by molar-refractivity contribution is 0.549. The zero-order chi connectivity index (χ0) is 23.1. The van der Waals surface area contributed by atoms with Gasteiger partial charge >= 0.3 is 0 Å². The van der Waals surface area contributed by atoms with Crippen LogP contribution in [0.1, 0.15) is 29.0 Å². The van der Waals surface area contributed by atoms with Crippen molar-refractivity contribution in [3.63, 3.8) is 0 Å². The number of hydrogen-bond acceptors (Lipinski definition) is 2. The summed E-state index contributed by atoms with van der Waals surface area (Å²) in [7, 11) is 0. The molecule has 33 heavy (non-hydrogen) atoms. The van der Waals surface area contributed by atoms with E-state index in [4.69, 9.17) is 23.8 Å². The van der Waals surface area contributed by atoms with Crippen LogP contribution >= 0.6 is 39.7 Å². The molecule has 0 aliphatic carbocycles. The number of rotatable bonds is 4. The summed E-state index contributed by atoms with van der Waals surface area (Å²) < 4.78 is 16.9. The molecule has 3 heterocycles. The third-order valence-electron chi connectivity index (χ3n) is 5.78. The van der Waals surface area contributed by atoms with Gasteiger partial charge in [-0.3, -0.25) is 4.98 Å². The molecule has 8 heteroatoms. The van der Waals surface area contributed by atoms with Crippen molar-refractivity contribution in [3.05, 3.63) is 111 Å². The Hall–Kier alpha value is -2.74. The standard InChI is InChI=1S/C25H19BrClFN4S/c1-15-13-17(7-9-18(15)26)32-24(23(30-25(32)33)21-5-2-3-11-29-21)22-6-4-12-31(22)16-8-10-20(28)19(27)14-16/h2-14,23-24H,1H3,(H,30,33)/t23-,24-/m0/s1. The summed E-state index contributed by atoms with van der Waals surface area (Å²) >= 11 is 15.5. The van der Waals surface area contributed by atoms with Crippen molar-refractivity contribution in [2.24, 2.45) is 0 Å². The molecular weight excluding hydrogens is 523 g/mol. The van der Waals surface area contributed by atoms with Crippen LogP contribution < -0.4 is 10.2 Å². The van der Waals surface area contributed by atoms with Crippen molar-refractivity contribution in [2.45, 2.75) is 19.0 Å². The number of nitrogens with zero attached hydrogens (tertiary/aromatic N) is 3. The smallest absolute Gasteiger partial charge is 0.174 e. The summed E-state index contributed by atoms with van der Waals surface area (Å²) in [4.78, 5) is 6.72. The van der Waals surface area contributed by atoms with Gasteiger partial charge in [-0.1, -0.05) is 33.6 Å². The number of nitrogens with one attached hydrogen (secondary N) is 1. The SMILES string of the molecule is Cc1cc(N2C(=S)N[C@@H](c3ccccn3)[C@@H]2c2cccn2-c2ccc(F)c(Cl)c2)ccc1Br. The lowest BCUT2D eigenvalue weighted by atomic mass is 10.0. The Morgan fingerprint density at radius 2 is 1.88 bits per heavy atom. The molecule has 0 saturated carbocycles. The zero-order valence-corrected chi connectivity index (χ0v) is 20.7. The van der Waals surface area contributed by atoms with Gasteiger partial charge in [0.2, 0.25) is 0 Å². The monoisotopic (exact) mass is 540 g/mol. The van der Waals surface area contributed by atoms with Crippen molar-refractivity contribution in [2.75, 3.05) is 4.90 Å². The fraction of sp³-hybridized carbons (Fsp3) is 0.120. The average Bonchev–Trinajstić information content (AvgIpc) is 3.42. The molecular formula is C25H19BrClFN4S. The van der Waals surface area contributed by atoms with E-state index in [2.05, 4.69) is 44.1 Å². The van der Waals surface area contributed by atoms with Crippen molar-refractivity contribution in [1.29, 1.82) is 0 Å². The van der Waals surface area contributed by atoms with E-state index < -0.39 is 5.82 Å². The normalized spacial score (nSPS) is 17.9. The summed E-state index contributed by atoms with van der Waals surface area (Å²) in [5.74, 6) is -0.448. The van der Waals surface area contributed by atoms with E-state index in [0.29, 0.717) is 5.11 Å². The van der Waals surface area contributed by atoms with Crippen LogP contribution in [0.15, 0.2) is 83.6 Å². The molecule has 2 aromatic carbocycles. The van der Waals surface area contributed by atoms with Crippen LogP contribution in [0, 0.1) is 12.7 Å². The molecule has 166 valence electrons. The first-order chi connectivity index (χ1) is 15.9. The molecule has 0 radical (unpaired) electrons. The Bertz CT molecular complexity index is 1340. The average molecular weight is 542 g/mol. The topological polar surface area (TPSA) is 33.1 Å². The molecule has 1 aliphatic rings. The number of pyridine rings is 1. The van der Waals surface area contributed by atoms with Gasteiger partial charge in [0.15, 0.2) is 5.11 Å². The molecule has 1 aliphatic heterocycles. The third kappa shape index (κ3) is 4.05. The fourth-order valence-corrected chi connectivity index (χ4v) is 4.98. The van der Waals surface area contributed by atoms with Gasteiger partial charge in [-0.25, -0.2) is 4.39 Å². The van der Waals surface area contributed by atoms with Crippen LogP contribution in [0.4, 0.5) is 10.1 Å². The molecule has 0 unspecified atom stereocenters. The van der Waals surface area contributed by atoms with E-state index >= 15 is 0 Å². The highest BCUT2D eigenvalue weighted by Crippen LogP contribution is 2.43. The Labute approximate surface area is 210 Å². The number of aromatic nitrogens is 2. The van der Waals surface area contributed by atoms with E-state index in [0.717, 1.165) is 32.8 Å². The second-order valence-corrected chi connectivity index (χ2v) is 9.48. The molecule has 0 bridgehead atoms. The first-order valence-corrected chi connectivity index (χ1v) is 11.9. The Morgan fingerprint density at radius 3 is 2.61 bits per heavy atom. The predicted octanol–water partition coefficient (Wildman–Crippen LogP) is 6.91. The van der Waals surface area contributed by atoms with E-state index in [9.17, 15) is 4.39 Å². The lowest BCUT2D eigenvalue weighted by Gasteiger charge is -2.29. The highest BCUT2D eigenvalue weighted by Gasteiger charge is 2.42. The first-order valence-electron chi connectivity index (χ1n) is 10.3. The number of hydrogen-bond donors (Lipinski definition) is 1. The maximum atomic E-state index is 13.8. The van der Waals surface area contributed by atoms with Gasteiger partial charge in [0, 0.05) is 33.9 Å². The van der Waals surface area contributed by atoms with Crippen LogP contribution in [-0.4, -0.2) is 14.7 Å². The van der Waals surface area contributed by atoms with E-state index in [1.54, 1.807) is 18.3 Å². The summed E-state index contributed by atoms with van der Waals surface area (Å²) in [6.07, 6.45) is 3.73. The molecule has 2 aromatic heterocycles. The maximum absolute atomic E-state index is 13.8. The van der Waals surface area contributed by atoms with Gasteiger partial charge in [-0.15, -0.1) is 0 Å². The molecule has 1 N–H and O–H groups in total.